The minimum Gasteiger partial charge on any atom is -0.508 e. The molecule has 1 aliphatic heterocycles. The number of benzene rings is 2. The Morgan fingerprint density at radius 3 is 2.32 bits per heavy atom. The van der Waals surface area contributed by atoms with Gasteiger partial charge in [0.05, 0.1) is 30.9 Å². The molecule has 0 saturated carbocycles. The molecule has 34 heavy (non-hydrogen) atoms. The van der Waals surface area contributed by atoms with Crippen molar-refractivity contribution in [3.05, 3.63) is 64.7 Å². The Kier molecular flexibility index (Phi) is 7.99. The zero-order valence-corrected chi connectivity index (χ0v) is 20.4. The number of ether oxygens (including phenoxy) is 2. The third-order valence-electron chi connectivity index (χ3n) is 5.55. The van der Waals surface area contributed by atoms with Gasteiger partial charge in [0.15, 0.2) is 0 Å². The summed E-state index contributed by atoms with van der Waals surface area (Å²) in [6, 6.07) is 10.7. The van der Waals surface area contributed by atoms with E-state index in [0.29, 0.717) is 29.4 Å². The van der Waals surface area contributed by atoms with Gasteiger partial charge >= 0.3 is 0 Å². The highest BCUT2D eigenvalue weighted by atomic mass is 16.5. The van der Waals surface area contributed by atoms with E-state index in [1.54, 1.807) is 30.3 Å². The maximum atomic E-state index is 13.1. The highest BCUT2D eigenvalue weighted by molar-refractivity contribution is 6.46. The third kappa shape index (κ3) is 5.59. The van der Waals surface area contributed by atoms with Crippen LogP contribution in [0.5, 0.6) is 11.5 Å². The van der Waals surface area contributed by atoms with Crippen LogP contribution in [-0.2, 0) is 14.3 Å². The highest BCUT2D eigenvalue weighted by Gasteiger charge is 2.45. The van der Waals surface area contributed by atoms with Crippen molar-refractivity contribution in [3.8, 4) is 11.5 Å². The second kappa shape index (κ2) is 10.7. The summed E-state index contributed by atoms with van der Waals surface area (Å²) in [5.74, 6) is -0.558. The standard InChI is InChI=1S/C27H33NO6/c1-16(2)15-34-22-11-8-20(14-18(22)5)25(30)23-24(19-6-9-21(29)10-7-19)28(27(32)26(23)31)12-13-33-17(3)4/h6-11,14,16-17,24,29-30H,12-13,15H2,1-5H3/b25-23-. The molecule has 1 atom stereocenters. The normalized spacial score (nSPS) is 17.7. The Morgan fingerprint density at radius 1 is 1.06 bits per heavy atom. The fraction of sp³-hybridized carbons (Fsp3) is 0.407. The van der Waals surface area contributed by atoms with Gasteiger partial charge in [0.2, 0.25) is 0 Å². The number of Topliss-reactive ketones (excluding diaryl/α,β-unsaturated/α-hetero) is 1. The number of likely N-dealkylation sites (tertiary alicyclic amines) is 1. The van der Waals surface area contributed by atoms with Gasteiger partial charge in [0.25, 0.3) is 11.7 Å². The maximum Gasteiger partial charge on any atom is 0.295 e. The molecule has 0 aromatic heterocycles. The minimum atomic E-state index is -0.798. The van der Waals surface area contributed by atoms with Crippen LogP contribution in [0.15, 0.2) is 48.0 Å². The summed E-state index contributed by atoms with van der Waals surface area (Å²) in [4.78, 5) is 27.4. The Balaban J connectivity index is 2.03. The molecule has 1 heterocycles. The van der Waals surface area contributed by atoms with Gasteiger partial charge in [-0.3, -0.25) is 9.59 Å². The van der Waals surface area contributed by atoms with E-state index >= 15 is 0 Å². The number of carbonyl (C=O) groups is 2. The van der Waals surface area contributed by atoms with Crippen LogP contribution >= 0.6 is 0 Å². The number of ketones is 1. The lowest BCUT2D eigenvalue weighted by Crippen LogP contribution is -2.33. The molecule has 1 aliphatic rings. The van der Waals surface area contributed by atoms with E-state index < -0.39 is 17.7 Å². The van der Waals surface area contributed by atoms with Crippen LogP contribution in [-0.4, -0.2) is 52.7 Å². The zero-order chi connectivity index (χ0) is 25.0. The molecular weight excluding hydrogens is 434 g/mol. The molecule has 2 N–H and O–H groups in total. The highest BCUT2D eigenvalue weighted by Crippen LogP contribution is 2.40. The molecule has 1 unspecified atom stereocenters. The minimum absolute atomic E-state index is 0.00971. The smallest absolute Gasteiger partial charge is 0.295 e. The molecule has 1 fully saturated rings. The number of nitrogens with zero attached hydrogens (tertiary/aromatic N) is 1. The molecule has 0 spiro atoms. The number of aliphatic hydroxyl groups is 1. The SMILES string of the molecule is Cc1cc(/C(O)=C2/C(=O)C(=O)N(CCOC(C)C)C2c2ccc(O)cc2)ccc1OCC(C)C. The molecule has 3 rings (SSSR count). The van der Waals surface area contributed by atoms with E-state index in [-0.39, 0.29) is 36.3 Å². The van der Waals surface area contributed by atoms with Crippen molar-refractivity contribution >= 4 is 17.4 Å². The number of rotatable bonds is 9. The number of phenolic OH excluding ortho intramolecular Hbond substituents is 1. The first-order chi connectivity index (χ1) is 16.1. The second-order valence-corrected chi connectivity index (χ2v) is 9.19. The lowest BCUT2D eigenvalue weighted by molar-refractivity contribution is -0.140. The fourth-order valence-electron chi connectivity index (χ4n) is 3.87. The first kappa shape index (κ1) is 25.3. The van der Waals surface area contributed by atoms with Crippen LogP contribution in [0, 0.1) is 12.8 Å². The molecule has 0 radical (unpaired) electrons. The average molecular weight is 468 g/mol. The maximum absolute atomic E-state index is 13.1. The van der Waals surface area contributed by atoms with Gasteiger partial charge in [-0.25, -0.2) is 0 Å². The number of carbonyl (C=O) groups excluding carboxylic acids is 2. The van der Waals surface area contributed by atoms with Crippen LogP contribution in [0.25, 0.3) is 5.76 Å². The quantitative estimate of drug-likeness (QED) is 0.318. The van der Waals surface area contributed by atoms with E-state index in [4.69, 9.17) is 9.47 Å². The predicted molar refractivity (Wildman–Crippen MR) is 130 cm³/mol. The van der Waals surface area contributed by atoms with E-state index in [0.717, 1.165) is 5.56 Å². The fourth-order valence-corrected chi connectivity index (χ4v) is 3.87. The largest absolute Gasteiger partial charge is 0.508 e. The van der Waals surface area contributed by atoms with Gasteiger partial charge in [0.1, 0.15) is 17.3 Å². The van der Waals surface area contributed by atoms with Crippen LogP contribution in [0.3, 0.4) is 0 Å². The summed E-state index contributed by atoms with van der Waals surface area (Å²) in [7, 11) is 0. The molecule has 182 valence electrons. The Labute approximate surface area is 200 Å². The Bertz CT molecular complexity index is 1070. The number of amides is 1. The molecule has 1 saturated heterocycles. The third-order valence-corrected chi connectivity index (χ3v) is 5.55. The molecule has 0 aliphatic carbocycles. The summed E-state index contributed by atoms with van der Waals surface area (Å²) in [6.45, 7) is 10.8. The molecule has 0 bridgehead atoms. The Hall–Kier alpha value is -3.32. The van der Waals surface area contributed by atoms with Gasteiger partial charge in [-0.1, -0.05) is 26.0 Å². The van der Waals surface area contributed by atoms with Gasteiger partial charge < -0.3 is 24.6 Å². The molecule has 7 heteroatoms. The Morgan fingerprint density at radius 2 is 1.74 bits per heavy atom. The van der Waals surface area contributed by atoms with E-state index in [1.165, 1.54) is 17.0 Å². The van der Waals surface area contributed by atoms with Gasteiger partial charge in [-0.05, 0) is 68.1 Å². The van der Waals surface area contributed by atoms with Gasteiger partial charge in [-0.2, -0.15) is 0 Å². The second-order valence-electron chi connectivity index (χ2n) is 9.19. The van der Waals surface area contributed by atoms with Gasteiger partial charge in [-0.15, -0.1) is 0 Å². The summed E-state index contributed by atoms with van der Waals surface area (Å²) in [5, 5.41) is 20.9. The summed E-state index contributed by atoms with van der Waals surface area (Å²) in [5.41, 5.74) is 1.85. The van der Waals surface area contributed by atoms with Crippen LogP contribution in [0.1, 0.15) is 50.4 Å². The van der Waals surface area contributed by atoms with Crippen molar-refractivity contribution in [2.75, 3.05) is 19.8 Å². The van der Waals surface area contributed by atoms with E-state index in [2.05, 4.69) is 13.8 Å². The van der Waals surface area contributed by atoms with Crippen molar-refractivity contribution in [1.29, 1.82) is 0 Å². The first-order valence-corrected chi connectivity index (χ1v) is 11.5. The lowest BCUT2D eigenvalue weighted by atomic mass is 9.94. The van der Waals surface area contributed by atoms with Crippen molar-refractivity contribution in [2.24, 2.45) is 5.92 Å². The number of hydrogen-bond acceptors (Lipinski definition) is 6. The van der Waals surface area contributed by atoms with Crippen LogP contribution in [0.4, 0.5) is 0 Å². The van der Waals surface area contributed by atoms with E-state index in [9.17, 15) is 19.8 Å². The molecule has 2 aromatic carbocycles. The van der Waals surface area contributed by atoms with Gasteiger partial charge in [0, 0.05) is 12.1 Å². The molecular formula is C27H33NO6. The number of hydrogen-bond donors (Lipinski definition) is 2. The number of aryl methyl sites for hydroxylation is 1. The molecule has 2 aromatic rings. The topological polar surface area (TPSA) is 96.3 Å². The molecule has 1 amide bonds. The number of phenols is 1. The van der Waals surface area contributed by atoms with E-state index in [1.807, 2.05) is 20.8 Å². The monoisotopic (exact) mass is 467 g/mol. The first-order valence-electron chi connectivity index (χ1n) is 11.5. The van der Waals surface area contributed by atoms with Crippen molar-refractivity contribution in [1.82, 2.24) is 4.90 Å². The number of aromatic hydroxyl groups is 1. The zero-order valence-electron chi connectivity index (χ0n) is 20.4. The summed E-state index contributed by atoms with van der Waals surface area (Å²) in [6.07, 6.45) is -0.0247. The van der Waals surface area contributed by atoms with Crippen molar-refractivity contribution in [2.45, 2.75) is 46.8 Å². The predicted octanol–water partition coefficient (Wildman–Crippen LogP) is 4.58. The van der Waals surface area contributed by atoms with Crippen molar-refractivity contribution < 1.29 is 29.3 Å². The lowest BCUT2D eigenvalue weighted by Gasteiger charge is -2.25. The van der Waals surface area contributed by atoms with Crippen LogP contribution in [0.2, 0.25) is 0 Å². The number of aliphatic hydroxyl groups excluding tert-OH is 1. The molecule has 7 nitrogen and oxygen atoms in total. The summed E-state index contributed by atoms with van der Waals surface area (Å²) < 4.78 is 11.4. The average Bonchev–Trinajstić information content (AvgIpc) is 3.03. The summed E-state index contributed by atoms with van der Waals surface area (Å²) >= 11 is 0. The van der Waals surface area contributed by atoms with Crippen molar-refractivity contribution in [3.63, 3.8) is 0 Å². The van der Waals surface area contributed by atoms with Crippen LogP contribution < -0.4 is 4.74 Å².